The zero-order chi connectivity index (χ0) is 21.6. The number of hydrogen-bond acceptors (Lipinski definition) is 5. The van der Waals surface area contributed by atoms with Crippen LogP contribution in [0.15, 0.2) is 48.5 Å². The largest absolute Gasteiger partial charge is 0.497 e. The zero-order valence-electron chi connectivity index (χ0n) is 18.2. The van der Waals surface area contributed by atoms with Crippen LogP contribution in [0.3, 0.4) is 0 Å². The quantitative estimate of drug-likeness (QED) is 0.604. The van der Waals surface area contributed by atoms with E-state index in [1.807, 2.05) is 42.5 Å². The van der Waals surface area contributed by atoms with Crippen LogP contribution in [-0.4, -0.2) is 55.4 Å². The van der Waals surface area contributed by atoms with Crippen molar-refractivity contribution >= 4 is 22.9 Å². The van der Waals surface area contributed by atoms with Crippen molar-refractivity contribution in [2.24, 2.45) is 0 Å². The van der Waals surface area contributed by atoms with Crippen molar-refractivity contribution < 1.29 is 14.3 Å². The number of nitrogens with one attached hydrogen (secondary N) is 1. The Morgan fingerprint density at radius 1 is 1.10 bits per heavy atom. The van der Waals surface area contributed by atoms with Gasteiger partial charge in [-0.25, -0.2) is 4.98 Å². The molecule has 0 radical (unpaired) electrons. The SMILES string of the molecule is COCCn1c(N2CCC(NC(=O)Cc3ccc(OC)cc3)CC2)nc2ccccc21. The number of fused-ring (bicyclic) bond motifs is 1. The van der Waals surface area contributed by atoms with Crippen molar-refractivity contribution in [3.05, 3.63) is 54.1 Å². The summed E-state index contributed by atoms with van der Waals surface area (Å²) in [5.41, 5.74) is 3.12. The molecule has 2 aromatic carbocycles. The summed E-state index contributed by atoms with van der Waals surface area (Å²) in [6, 6.07) is 16.1. The van der Waals surface area contributed by atoms with Crippen LogP contribution in [-0.2, 0) is 22.5 Å². The lowest BCUT2D eigenvalue weighted by molar-refractivity contribution is -0.121. The number of imidazole rings is 1. The third kappa shape index (κ3) is 4.99. The molecule has 1 N–H and O–H groups in total. The van der Waals surface area contributed by atoms with Crippen LogP contribution in [0.1, 0.15) is 18.4 Å². The summed E-state index contributed by atoms with van der Waals surface area (Å²) in [6.45, 7) is 3.14. The lowest BCUT2D eigenvalue weighted by Gasteiger charge is -2.33. The van der Waals surface area contributed by atoms with Crippen LogP contribution in [0.25, 0.3) is 11.0 Å². The Labute approximate surface area is 183 Å². The molecule has 7 nitrogen and oxygen atoms in total. The summed E-state index contributed by atoms with van der Waals surface area (Å²) in [5.74, 6) is 1.85. The highest BCUT2D eigenvalue weighted by molar-refractivity contribution is 5.79. The van der Waals surface area contributed by atoms with Crippen LogP contribution in [0.4, 0.5) is 5.95 Å². The first kappa shape index (κ1) is 21.2. The molecule has 0 atom stereocenters. The molecule has 1 amide bonds. The fourth-order valence-corrected chi connectivity index (χ4v) is 4.14. The molecular formula is C24H30N4O3. The monoisotopic (exact) mass is 422 g/mol. The van der Waals surface area contributed by atoms with Gasteiger partial charge < -0.3 is 24.3 Å². The van der Waals surface area contributed by atoms with Crippen LogP contribution < -0.4 is 15.0 Å². The molecule has 1 saturated heterocycles. The van der Waals surface area contributed by atoms with E-state index < -0.39 is 0 Å². The number of benzene rings is 2. The van der Waals surface area contributed by atoms with E-state index in [1.165, 1.54) is 0 Å². The number of rotatable bonds is 8. The van der Waals surface area contributed by atoms with E-state index >= 15 is 0 Å². The van der Waals surface area contributed by atoms with Crippen molar-refractivity contribution in [3.8, 4) is 5.75 Å². The van der Waals surface area contributed by atoms with E-state index in [0.29, 0.717) is 13.0 Å². The normalized spacial score (nSPS) is 14.7. The topological polar surface area (TPSA) is 68.6 Å². The van der Waals surface area contributed by atoms with Gasteiger partial charge in [0.2, 0.25) is 11.9 Å². The summed E-state index contributed by atoms with van der Waals surface area (Å²) in [4.78, 5) is 19.7. The molecule has 2 heterocycles. The number of piperidine rings is 1. The van der Waals surface area contributed by atoms with Gasteiger partial charge in [0.25, 0.3) is 0 Å². The van der Waals surface area contributed by atoms with Crippen molar-refractivity contribution in [1.82, 2.24) is 14.9 Å². The third-order valence-corrected chi connectivity index (χ3v) is 5.82. The standard InChI is InChI=1S/C24H30N4O3/c1-30-16-15-28-22-6-4-3-5-21(22)26-24(28)27-13-11-19(12-14-27)25-23(29)17-18-7-9-20(31-2)10-8-18/h3-10,19H,11-17H2,1-2H3,(H,25,29). The number of hydrogen-bond donors (Lipinski definition) is 1. The highest BCUT2D eigenvalue weighted by atomic mass is 16.5. The Morgan fingerprint density at radius 2 is 1.84 bits per heavy atom. The second-order valence-electron chi connectivity index (χ2n) is 7.90. The molecular weight excluding hydrogens is 392 g/mol. The molecule has 7 heteroatoms. The second-order valence-corrected chi connectivity index (χ2v) is 7.90. The molecule has 31 heavy (non-hydrogen) atoms. The Bertz CT molecular complexity index is 1010. The van der Waals surface area contributed by atoms with E-state index in [0.717, 1.165) is 60.8 Å². The lowest BCUT2D eigenvalue weighted by Crippen LogP contribution is -2.45. The molecule has 4 rings (SSSR count). The van der Waals surface area contributed by atoms with Gasteiger partial charge in [-0.2, -0.15) is 0 Å². The summed E-state index contributed by atoms with van der Waals surface area (Å²) in [7, 11) is 3.36. The Hall–Kier alpha value is -3.06. The average Bonchev–Trinajstić information content (AvgIpc) is 3.17. The summed E-state index contributed by atoms with van der Waals surface area (Å²) in [5, 5.41) is 3.20. The minimum absolute atomic E-state index is 0.0657. The van der Waals surface area contributed by atoms with Crippen molar-refractivity contribution in [2.75, 3.05) is 38.8 Å². The van der Waals surface area contributed by atoms with Gasteiger partial charge in [-0.05, 0) is 42.7 Å². The molecule has 0 unspecified atom stereocenters. The average molecular weight is 423 g/mol. The van der Waals surface area contributed by atoms with Gasteiger partial charge in [-0.15, -0.1) is 0 Å². The molecule has 0 spiro atoms. The number of anilines is 1. The first-order chi connectivity index (χ1) is 15.2. The van der Waals surface area contributed by atoms with E-state index in [2.05, 4.69) is 20.9 Å². The summed E-state index contributed by atoms with van der Waals surface area (Å²) in [6.07, 6.45) is 2.20. The number of para-hydroxylation sites is 2. The first-order valence-corrected chi connectivity index (χ1v) is 10.8. The van der Waals surface area contributed by atoms with Crippen LogP contribution >= 0.6 is 0 Å². The number of carbonyl (C=O) groups excluding carboxylic acids is 1. The van der Waals surface area contributed by atoms with Crippen molar-refractivity contribution in [2.45, 2.75) is 31.8 Å². The Kier molecular flexibility index (Phi) is 6.72. The van der Waals surface area contributed by atoms with E-state index in [-0.39, 0.29) is 11.9 Å². The molecule has 1 fully saturated rings. The maximum atomic E-state index is 12.5. The van der Waals surface area contributed by atoms with Gasteiger partial charge in [0.05, 0.1) is 31.2 Å². The molecule has 1 aliphatic rings. The van der Waals surface area contributed by atoms with Gasteiger partial charge in [-0.1, -0.05) is 24.3 Å². The summed E-state index contributed by atoms with van der Waals surface area (Å²) < 4.78 is 12.7. The van der Waals surface area contributed by atoms with Crippen molar-refractivity contribution in [3.63, 3.8) is 0 Å². The van der Waals surface area contributed by atoms with E-state index in [9.17, 15) is 4.79 Å². The van der Waals surface area contributed by atoms with Crippen LogP contribution in [0.5, 0.6) is 5.75 Å². The number of nitrogens with zero attached hydrogens (tertiary/aromatic N) is 3. The molecule has 0 aliphatic carbocycles. The van der Waals surface area contributed by atoms with E-state index in [4.69, 9.17) is 14.5 Å². The number of ether oxygens (including phenoxy) is 2. The molecule has 1 aliphatic heterocycles. The number of aromatic nitrogens is 2. The van der Waals surface area contributed by atoms with Crippen molar-refractivity contribution in [1.29, 1.82) is 0 Å². The molecule has 164 valence electrons. The Balaban J connectivity index is 1.35. The Morgan fingerprint density at radius 3 is 2.55 bits per heavy atom. The summed E-state index contributed by atoms with van der Waals surface area (Å²) >= 11 is 0. The van der Waals surface area contributed by atoms with Gasteiger partial charge in [-0.3, -0.25) is 4.79 Å². The highest BCUT2D eigenvalue weighted by Crippen LogP contribution is 2.25. The highest BCUT2D eigenvalue weighted by Gasteiger charge is 2.24. The predicted octanol–water partition coefficient (Wildman–Crippen LogP) is 3.02. The molecule has 3 aromatic rings. The minimum Gasteiger partial charge on any atom is -0.497 e. The smallest absolute Gasteiger partial charge is 0.224 e. The number of amides is 1. The molecule has 0 bridgehead atoms. The second kappa shape index (κ2) is 9.83. The number of methoxy groups -OCH3 is 2. The fraction of sp³-hybridized carbons (Fsp3) is 0.417. The lowest BCUT2D eigenvalue weighted by atomic mass is 10.0. The maximum Gasteiger partial charge on any atom is 0.224 e. The van der Waals surface area contributed by atoms with Gasteiger partial charge >= 0.3 is 0 Å². The molecule has 1 aromatic heterocycles. The maximum absolute atomic E-state index is 12.5. The van der Waals surface area contributed by atoms with E-state index in [1.54, 1.807) is 14.2 Å². The fourth-order valence-electron chi connectivity index (χ4n) is 4.14. The third-order valence-electron chi connectivity index (χ3n) is 5.82. The first-order valence-electron chi connectivity index (χ1n) is 10.8. The zero-order valence-corrected chi connectivity index (χ0v) is 18.2. The van der Waals surface area contributed by atoms with Gasteiger partial charge in [0, 0.05) is 32.8 Å². The predicted molar refractivity (Wildman–Crippen MR) is 122 cm³/mol. The van der Waals surface area contributed by atoms with Crippen LogP contribution in [0.2, 0.25) is 0 Å². The minimum atomic E-state index is 0.0657. The van der Waals surface area contributed by atoms with Gasteiger partial charge in [0.15, 0.2) is 0 Å². The van der Waals surface area contributed by atoms with Crippen LogP contribution in [0, 0.1) is 0 Å². The number of carbonyl (C=O) groups is 1. The molecule has 0 saturated carbocycles. The van der Waals surface area contributed by atoms with Gasteiger partial charge in [0.1, 0.15) is 5.75 Å².